The summed E-state index contributed by atoms with van der Waals surface area (Å²) in [7, 11) is 0. The van der Waals surface area contributed by atoms with E-state index in [0.29, 0.717) is 0 Å². The number of hydrogen-bond donors (Lipinski definition) is 1. The molecular formula is C17H29N3O. The largest absolute Gasteiger partial charge is 0.374 e. The van der Waals surface area contributed by atoms with Gasteiger partial charge >= 0.3 is 0 Å². The Labute approximate surface area is 128 Å². The first-order valence-corrected chi connectivity index (χ1v) is 8.08. The fraction of sp³-hybridized carbons (Fsp3) is 0.647. The van der Waals surface area contributed by atoms with E-state index in [-0.39, 0.29) is 6.10 Å². The first kappa shape index (κ1) is 16.3. The Hall–Kier alpha value is -1.10. The second-order valence-corrected chi connectivity index (χ2v) is 5.81. The summed E-state index contributed by atoms with van der Waals surface area (Å²) in [5, 5.41) is 0. The Morgan fingerprint density at radius 2 is 2.29 bits per heavy atom. The van der Waals surface area contributed by atoms with Gasteiger partial charge in [-0.15, -0.1) is 0 Å². The van der Waals surface area contributed by atoms with Crippen molar-refractivity contribution in [2.45, 2.75) is 26.4 Å². The Kier molecular flexibility index (Phi) is 6.49. The second kappa shape index (κ2) is 8.37. The number of hydrogen-bond acceptors (Lipinski definition) is 4. The summed E-state index contributed by atoms with van der Waals surface area (Å²) >= 11 is 0. The highest BCUT2D eigenvalue weighted by atomic mass is 16.5. The third-order valence-electron chi connectivity index (χ3n) is 4.09. The fourth-order valence-corrected chi connectivity index (χ4v) is 2.86. The van der Waals surface area contributed by atoms with Crippen molar-refractivity contribution in [1.29, 1.82) is 0 Å². The number of rotatable bonds is 7. The molecule has 0 saturated carbocycles. The smallest absolute Gasteiger partial charge is 0.0877 e. The normalized spacial score (nSPS) is 19.7. The molecule has 1 saturated heterocycles. The number of anilines is 1. The quantitative estimate of drug-likeness (QED) is 0.833. The molecule has 1 heterocycles. The summed E-state index contributed by atoms with van der Waals surface area (Å²) in [5.41, 5.74) is 8.27. The van der Waals surface area contributed by atoms with E-state index < -0.39 is 0 Å². The molecule has 4 heteroatoms. The van der Waals surface area contributed by atoms with Gasteiger partial charge in [-0.25, -0.2) is 0 Å². The maximum atomic E-state index is 5.96. The number of likely N-dealkylation sites (N-methyl/N-ethyl adjacent to an activating group) is 1. The molecule has 21 heavy (non-hydrogen) atoms. The molecule has 1 unspecified atom stereocenters. The van der Waals surface area contributed by atoms with E-state index >= 15 is 0 Å². The number of morpholine rings is 1. The topological polar surface area (TPSA) is 41.7 Å². The molecule has 1 aromatic carbocycles. The van der Waals surface area contributed by atoms with Crippen LogP contribution in [0.3, 0.4) is 0 Å². The van der Waals surface area contributed by atoms with E-state index in [4.69, 9.17) is 10.5 Å². The molecule has 2 rings (SSSR count). The van der Waals surface area contributed by atoms with Crippen LogP contribution in [0.2, 0.25) is 0 Å². The van der Waals surface area contributed by atoms with E-state index in [2.05, 4.69) is 47.9 Å². The SMILES string of the molecule is CCN1CCOC(CN(CCCN)c2cccc(C)c2)C1. The van der Waals surface area contributed by atoms with Gasteiger partial charge in [0.15, 0.2) is 0 Å². The van der Waals surface area contributed by atoms with Crippen LogP contribution in [-0.4, -0.2) is 56.9 Å². The molecule has 1 atom stereocenters. The van der Waals surface area contributed by atoms with Crippen LogP contribution >= 0.6 is 0 Å². The zero-order valence-corrected chi connectivity index (χ0v) is 13.4. The predicted molar refractivity (Wildman–Crippen MR) is 88.9 cm³/mol. The summed E-state index contributed by atoms with van der Waals surface area (Å²) in [6, 6.07) is 8.70. The third-order valence-corrected chi connectivity index (χ3v) is 4.09. The van der Waals surface area contributed by atoms with Gasteiger partial charge in [0.25, 0.3) is 0 Å². The zero-order chi connectivity index (χ0) is 15.1. The Morgan fingerprint density at radius 3 is 3.00 bits per heavy atom. The van der Waals surface area contributed by atoms with Gasteiger partial charge in [0.05, 0.1) is 12.7 Å². The van der Waals surface area contributed by atoms with E-state index in [1.165, 1.54) is 11.3 Å². The molecule has 0 aromatic heterocycles. The molecule has 118 valence electrons. The summed E-state index contributed by atoms with van der Waals surface area (Å²) in [4.78, 5) is 4.88. The van der Waals surface area contributed by atoms with Gasteiger partial charge in [0, 0.05) is 31.9 Å². The molecule has 1 aliphatic rings. The van der Waals surface area contributed by atoms with Crippen LogP contribution in [0.1, 0.15) is 18.9 Å². The van der Waals surface area contributed by atoms with Crippen molar-refractivity contribution in [3.05, 3.63) is 29.8 Å². The third kappa shape index (κ3) is 4.99. The van der Waals surface area contributed by atoms with Crippen LogP contribution < -0.4 is 10.6 Å². The number of ether oxygens (including phenoxy) is 1. The Balaban J connectivity index is 2.02. The summed E-state index contributed by atoms with van der Waals surface area (Å²) in [5.74, 6) is 0. The van der Waals surface area contributed by atoms with Gasteiger partial charge in [-0.2, -0.15) is 0 Å². The minimum atomic E-state index is 0.289. The van der Waals surface area contributed by atoms with E-state index in [9.17, 15) is 0 Å². The van der Waals surface area contributed by atoms with Crippen molar-refractivity contribution in [3.8, 4) is 0 Å². The van der Waals surface area contributed by atoms with E-state index in [0.717, 1.165) is 52.3 Å². The highest BCUT2D eigenvalue weighted by Gasteiger charge is 2.22. The molecule has 1 aromatic rings. The number of aryl methyl sites for hydroxylation is 1. The molecule has 2 N–H and O–H groups in total. The molecule has 0 bridgehead atoms. The molecule has 0 amide bonds. The lowest BCUT2D eigenvalue weighted by molar-refractivity contribution is -0.0221. The van der Waals surface area contributed by atoms with Gasteiger partial charge in [0.2, 0.25) is 0 Å². The standard InChI is InChI=1S/C17H29N3O/c1-3-19-10-11-21-17(13-19)14-20(9-5-8-18)16-7-4-6-15(2)12-16/h4,6-7,12,17H,3,5,8-11,13-14,18H2,1-2H3. The number of benzene rings is 1. The van der Waals surface area contributed by atoms with Crippen molar-refractivity contribution in [3.63, 3.8) is 0 Å². The highest BCUT2D eigenvalue weighted by Crippen LogP contribution is 2.18. The Morgan fingerprint density at radius 1 is 1.43 bits per heavy atom. The molecule has 0 radical (unpaired) electrons. The average Bonchev–Trinajstić information content (AvgIpc) is 2.51. The minimum absolute atomic E-state index is 0.289. The summed E-state index contributed by atoms with van der Waals surface area (Å²) < 4.78 is 5.96. The molecular weight excluding hydrogens is 262 g/mol. The molecule has 4 nitrogen and oxygen atoms in total. The van der Waals surface area contributed by atoms with Crippen molar-refractivity contribution in [2.24, 2.45) is 5.73 Å². The summed E-state index contributed by atoms with van der Waals surface area (Å²) in [6.07, 6.45) is 1.30. The lowest BCUT2D eigenvalue weighted by atomic mass is 10.1. The van der Waals surface area contributed by atoms with E-state index in [1.807, 2.05) is 0 Å². The number of nitrogens with two attached hydrogens (primary N) is 1. The minimum Gasteiger partial charge on any atom is -0.374 e. The number of nitrogens with zero attached hydrogens (tertiary/aromatic N) is 2. The first-order chi connectivity index (χ1) is 10.2. The maximum absolute atomic E-state index is 5.96. The van der Waals surface area contributed by atoms with Crippen molar-refractivity contribution >= 4 is 5.69 Å². The van der Waals surface area contributed by atoms with Gasteiger partial charge in [-0.3, -0.25) is 4.90 Å². The van der Waals surface area contributed by atoms with Crippen LogP contribution in [0.5, 0.6) is 0 Å². The first-order valence-electron chi connectivity index (χ1n) is 8.08. The maximum Gasteiger partial charge on any atom is 0.0877 e. The molecule has 0 spiro atoms. The lowest BCUT2D eigenvalue weighted by Gasteiger charge is -2.36. The van der Waals surface area contributed by atoms with Crippen LogP contribution in [0.25, 0.3) is 0 Å². The van der Waals surface area contributed by atoms with Crippen LogP contribution in [0, 0.1) is 6.92 Å². The summed E-state index contributed by atoms with van der Waals surface area (Å²) in [6.45, 7) is 11.1. The van der Waals surface area contributed by atoms with Crippen molar-refractivity contribution < 1.29 is 4.74 Å². The van der Waals surface area contributed by atoms with Gasteiger partial charge < -0.3 is 15.4 Å². The average molecular weight is 291 g/mol. The van der Waals surface area contributed by atoms with Crippen LogP contribution in [0.15, 0.2) is 24.3 Å². The Bertz CT molecular complexity index is 424. The van der Waals surface area contributed by atoms with Gasteiger partial charge in [0.1, 0.15) is 0 Å². The van der Waals surface area contributed by atoms with Crippen LogP contribution in [0.4, 0.5) is 5.69 Å². The van der Waals surface area contributed by atoms with Gasteiger partial charge in [-0.05, 0) is 44.1 Å². The highest BCUT2D eigenvalue weighted by molar-refractivity contribution is 5.48. The van der Waals surface area contributed by atoms with Gasteiger partial charge in [-0.1, -0.05) is 19.1 Å². The van der Waals surface area contributed by atoms with Crippen molar-refractivity contribution in [2.75, 3.05) is 50.8 Å². The molecule has 1 aliphatic heterocycles. The lowest BCUT2D eigenvalue weighted by Crippen LogP contribution is -2.47. The fourth-order valence-electron chi connectivity index (χ4n) is 2.86. The molecule has 0 aliphatic carbocycles. The van der Waals surface area contributed by atoms with Crippen molar-refractivity contribution in [1.82, 2.24) is 4.90 Å². The van der Waals surface area contributed by atoms with E-state index in [1.54, 1.807) is 0 Å². The second-order valence-electron chi connectivity index (χ2n) is 5.81. The monoisotopic (exact) mass is 291 g/mol. The predicted octanol–water partition coefficient (Wildman–Crippen LogP) is 1.87. The zero-order valence-electron chi connectivity index (χ0n) is 13.4. The molecule has 1 fully saturated rings. The van der Waals surface area contributed by atoms with Crippen LogP contribution in [-0.2, 0) is 4.74 Å².